The van der Waals surface area contributed by atoms with E-state index < -0.39 is 5.82 Å². The minimum absolute atomic E-state index is 0.142. The van der Waals surface area contributed by atoms with E-state index in [1.165, 1.54) is 17.7 Å². The van der Waals surface area contributed by atoms with Crippen molar-refractivity contribution in [2.24, 2.45) is 5.92 Å². The third-order valence-electron chi connectivity index (χ3n) is 5.23. The first-order valence-electron chi connectivity index (χ1n) is 9.52. The summed E-state index contributed by atoms with van der Waals surface area (Å²) < 4.78 is 19.0. The molecule has 1 N–H and O–H groups in total. The van der Waals surface area contributed by atoms with Gasteiger partial charge in [0.25, 0.3) is 5.91 Å². The van der Waals surface area contributed by atoms with Gasteiger partial charge in [-0.3, -0.25) is 4.79 Å². The summed E-state index contributed by atoms with van der Waals surface area (Å²) >= 11 is 6.14. The number of hydrogen-bond acceptors (Lipinski definition) is 4. The van der Waals surface area contributed by atoms with E-state index in [0.717, 1.165) is 30.2 Å². The molecule has 0 saturated carbocycles. The van der Waals surface area contributed by atoms with Crippen LogP contribution in [0.2, 0.25) is 5.02 Å². The molecule has 29 heavy (non-hydrogen) atoms. The number of nitrogens with zero attached hydrogens (tertiary/aromatic N) is 2. The van der Waals surface area contributed by atoms with Crippen LogP contribution in [0.3, 0.4) is 0 Å². The number of anilines is 1. The topological polar surface area (TPSA) is 58.4 Å². The predicted molar refractivity (Wildman–Crippen MR) is 111 cm³/mol. The van der Waals surface area contributed by atoms with Gasteiger partial charge in [0.15, 0.2) is 11.5 Å². The van der Waals surface area contributed by atoms with Crippen LogP contribution >= 0.6 is 11.6 Å². The van der Waals surface area contributed by atoms with Crippen molar-refractivity contribution < 1.29 is 13.7 Å². The quantitative estimate of drug-likeness (QED) is 0.658. The van der Waals surface area contributed by atoms with E-state index in [-0.39, 0.29) is 22.9 Å². The van der Waals surface area contributed by atoms with Crippen molar-refractivity contribution in [1.29, 1.82) is 0 Å². The Hall–Kier alpha value is -2.86. The number of aromatic nitrogens is 1. The Morgan fingerprint density at radius 2 is 2.14 bits per heavy atom. The van der Waals surface area contributed by atoms with Gasteiger partial charge in [-0.2, -0.15) is 0 Å². The maximum absolute atomic E-state index is 13.9. The number of carbonyl (C=O) groups is 1. The number of amides is 1. The van der Waals surface area contributed by atoms with Gasteiger partial charge in [0, 0.05) is 36.4 Å². The van der Waals surface area contributed by atoms with Crippen LogP contribution in [0.4, 0.5) is 10.1 Å². The summed E-state index contributed by atoms with van der Waals surface area (Å²) in [5.41, 5.74) is 2.74. The average molecular weight is 414 g/mol. The second-order valence-corrected chi connectivity index (χ2v) is 7.73. The zero-order valence-corrected chi connectivity index (χ0v) is 16.7. The normalized spacial score (nSPS) is 16.2. The van der Waals surface area contributed by atoms with E-state index in [2.05, 4.69) is 22.3 Å². The van der Waals surface area contributed by atoms with Crippen LogP contribution in [0.25, 0.3) is 11.3 Å². The molecule has 4 rings (SSSR count). The molecule has 1 aromatic heterocycles. The molecule has 1 unspecified atom stereocenters. The fourth-order valence-electron chi connectivity index (χ4n) is 3.64. The molecule has 1 aliphatic rings. The Kier molecular flexibility index (Phi) is 5.53. The zero-order chi connectivity index (χ0) is 20.4. The lowest BCUT2D eigenvalue weighted by molar-refractivity contribution is 0.0939. The smallest absolute Gasteiger partial charge is 0.273 e. The lowest BCUT2D eigenvalue weighted by Gasteiger charge is -2.21. The lowest BCUT2D eigenvalue weighted by Crippen LogP contribution is -2.31. The van der Waals surface area contributed by atoms with Crippen molar-refractivity contribution >= 4 is 23.2 Å². The van der Waals surface area contributed by atoms with Crippen LogP contribution in [-0.2, 0) is 0 Å². The second-order valence-electron chi connectivity index (χ2n) is 7.30. The Morgan fingerprint density at radius 1 is 1.31 bits per heavy atom. The first-order valence-corrected chi connectivity index (χ1v) is 9.90. The van der Waals surface area contributed by atoms with Crippen molar-refractivity contribution in [3.63, 3.8) is 0 Å². The first kappa shape index (κ1) is 19.5. The molecule has 0 bridgehead atoms. The molecule has 150 valence electrons. The highest BCUT2D eigenvalue weighted by atomic mass is 35.5. The van der Waals surface area contributed by atoms with E-state index in [9.17, 15) is 9.18 Å². The molecule has 0 spiro atoms. The van der Waals surface area contributed by atoms with Crippen molar-refractivity contribution in [3.05, 3.63) is 70.6 Å². The second kappa shape index (κ2) is 8.25. The number of halogens is 2. The minimum Gasteiger partial charge on any atom is -0.371 e. The number of nitrogens with one attached hydrogen (secondary N) is 1. The van der Waals surface area contributed by atoms with Gasteiger partial charge in [0.05, 0.1) is 5.56 Å². The SMILES string of the molecule is Cc1ccc(Cl)cc1N1CCC(CNC(=O)c2cc(-c3ccccc3F)on2)C1. The summed E-state index contributed by atoms with van der Waals surface area (Å²) in [6.45, 7) is 4.37. The fraction of sp³-hybridized carbons (Fsp3) is 0.273. The summed E-state index contributed by atoms with van der Waals surface area (Å²) in [7, 11) is 0. The highest BCUT2D eigenvalue weighted by molar-refractivity contribution is 6.30. The fourth-order valence-corrected chi connectivity index (χ4v) is 3.81. The molecule has 0 radical (unpaired) electrons. The summed E-state index contributed by atoms with van der Waals surface area (Å²) in [5.74, 6) is -0.182. The summed E-state index contributed by atoms with van der Waals surface area (Å²) in [5, 5.41) is 7.42. The van der Waals surface area contributed by atoms with Crippen LogP contribution in [0.15, 0.2) is 53.1 Å². The molecule has 1 amide bonds. The van der Waals surface area contributed by atoms with Crippen molar-refractivity contribution in [2.75, 3.05) is 24.5 Å². The molecule has 3 aromatic rings. The Morgan fingerprint density at radius 3 is 2.97 bits per heavy atom. The van der Waals surface area contributed by atoms with Gasteiger partial charge in [0.1, 0.15) is 5.82 Å². The van der Waals surface area contributed by atoms with Gasteiger partial charge in [-0.05, 0) is 49.1 Å². The van der Waals surface area contributed by atoms with Crippen molar-refractivity contribution in [2.45, 2.75) is 13.3 Å². The maximum atomic E-state index is 13.9. The van der Waals surface area contributed by atoms with Crippen LogP contribution in [0.1, 0.15) is 22.5 Å². The first-order chi connectivity index (χ1) is 14.0. The molecular weight excluding hydrogens is 393 g/mol. The standard InChI is InChI=1S/C22H21ClFN3O2/c1-14-6-7-16(23)10-20(14)27-9-8-15(13-27)12-25-22(28)19-11-21(29-26-19)17-4-2-3-5-18(17)24/h2-7,10-11,15H,8-9,12-13H2,1H3,(H,25,28). The van der Waals surface area contributed by atoms with E-state index in [0.29, 0.717) is 12.5 Å². The predicted octanol–water partition coefficient (Wildman–Crippen LogP) is 4.70. The monoisotopic (exact) mass is 413 g/mol. The third kappa shape index (κ3) is 4.27. The number of aryl methyl sites for hydroxylation is 1. The molecule has 1 saturated heterocycles. The van der Waals surface area contributed by atoms with Gasteiger partial charge < -0.3 is 14.7 Å². The molecule has 0 aliphatic carbocycles. The Balaban J connectivity index is 1.35. The summed E-state index contributed by atoms with van der Waals surface area (Å²) in [6.07, 6.45) is 0.978. The number of hydrogen-bond donors (Lipinski definition) is 1. The van der Waals surface area contributed by atoms with E-state index >= 15 is 0 Å². The van der Waals surface area contributed by atoms with Crippen LogP contribution < -0.4 is 10.2 Å². The minimum atomic E-state index is -0.419. The maximum Gasteiger partial charge on any atom is 0.273 e. The van der Waals surface area contributed by atoms with E-state index in [1.54, 1.807) is 18.2 Å². The lowest BCUT2D eigenvalue weighted by atomic mass is 10.1. The Bertz CT molecular complexity index is 1040. The third-order valence-corrected chi connectivity index (χ3v) is 5.47. The number of carbonyl (C=O) groups excluding carboxylic acids is 1. The molecule has 2 heterocycles. The molecule has 1 aliphatic heterocycles. The Labute approximate surface area is 173 Å². The van der Waals surface area contributed by atoms with Crippen LogP contribution in [0.5, 0.6) is 0 Å². The number of rotatable bonds is 5. The van der Waals surface area contributed by atoms with Crippen LogP contribution in [-0.4, -0.2) is 30.7 Å². The van der Waals surface area contributed by atoms with Gasteiger partial charge in [-0.15, -0.1) is 0 Å². The van der Waals surface area contributed by atoms with Gasteiger partial charge in [0.2, 0.25) is 0 Å². The van der Waals surface area contributed by atoms with Gasteiger partial charge >= 0.3 is 0 Å². The zero-order valence-electron chi connectivity index (χ0n) is 16.0. The highest BCUT2D eigenvalue weighted by Crippen LogP contribution is 2.29. The average Bonchev–Trinajstić information content (AvgIpc) is 3.38. The molecule has 7 heteroatoms. The largest absolute Gasteiger partial charge is 0.371 e. The molecular formula is C22H21ClFN3O2. The van der Waals surface area contributed by atoms with Gasteiger partial charge in [-0.1, -0.05) is 35.0 Å². The number of benzene rings is 2. The van der Waals surface area contributed by atoms with E-state index in [1.807, 2.05) is 18.2 Å². The summed E-state index contributed by atoms with van der Waals surface area (Å²) in [4.78, 5) is 14.7. The summed E-state index contributed by atoms with van der Waals surface area (Å²) in [6, 6.07) is 13.6. The molecule has 1 atom stereocenters. The molecule has 1 fully saturated rings. The molecule has 2 aromatic carbocycles. The van der Waals surface area contributed by atoms with Crippen LogP contribution in [0, 0.1) is 18.7 Å². The van der Waals surface area contributed by atoms with Gasteiger partial charge in [-0.25, -0.2) is 4.39 Å². The van der Waals surface area contributed by atoms with Crippen molar-refractivity contribution in [3.8, 4) is 11.3 Å². The van der Waals surface area contributed by atoms with E-state index in [4.69, 9.17) is 16.1 Å². The molecule has 5 nitrogen and oxygen atoms in total. The van der Waals surface area contributed by atoms with Crippen molar-refractivity contribution in [1.82, 2.24) is 10.5 Å². The highest BCUT2D eigenvalue weighted by Gasteiger charge is 2.25.